The van der Waals surface area contributed by atoms with E-state index in [1.54, 1.807) is 6.07 Å². The number of aliphatic carboxylic acids is 1. The van der Waals surface area contributed by atoms with E-state index >= 15 is 0 Å². The molecule has 0 bridgehead atoms. The van der Waals surface area contributed by atoms with Crippen molar-refractivity contribution in [2.75, 3.05) is 4.72 Å². The average molecular weight is 363 g/mol. The number of phenols is 1. The second-order valence-corrected chi connectivity index (χ2v) is 6.57. The van der Waals surface area contributed by atoms with Crippen molar-refractivity contribution in [2.45, 2.75) is 4.90 Å². The standard InChI is InChI=1S/C16H13NO7S/c18-14-6-5-12(9-13(14)16(21)22)25(23,24)17-11-3-1-2-10(8-11)4-7-15(19)20/h1-9,17-18H,(H,19,20)(H,21,22)/b7-4+. The van der Waals surface area contributed by atoms with Crippen molar-refractivity contribution in [1.29, 1.82) is 0 Å². The van der Waals surface area contributed by atoms with Gasteiger partial charge in [-0.25, -0.2) is 18.0 Å². The number of hydrogen-bond acceptors (Lipinski definition) is 5. The first-order chi connectivity index (χ1) is 11.7. The lowest BCUT2D eigenvalue weighted by Gasteiger charge is -2.10. The van der Waals surface area contributed by atoms with Crippen molar-refractivity contribution in [2.24, 2.45) is 0 Å². The number of sulfonamides is 1. The molecule has 0 aliphatic rings. The van der Waals surface area contributed by atoms with E-state index in [-0.39, 0.29) is 10.6 Å². The van der Waals surface area contributed by atoms with Crippen LogP contribution in [-0.4, -0.2) is 35.7 Å². The molecule has 0 saturated heterocycles. The van der Waals surface area contributed by atoms with Gasteiger partial charge in [0.2, 0.25) is 0 Å². The SMILES string of the molecule is O=C(O)/C=C/c1cccc(NS(=O)(=O)c2ccc(O)c(C(=O)O)c2)c1. The third-order valence-corrected chi connectivity index (χ3v) is 4.44. The van der Waals surface area contributed by atoms with Gasteiger partial charge >= 0.3 is 11.9 Å². The summed E-state index contributed by atoms with van der Waals surface area (Å²) in [6.45, 7) is 0. The van der Waals surface area contributed by atoms with Crippen LogP contribution in [0.25, 0.3) is 6.08 Å². The Morgan fingerprint density at radius 2 is 1.76 bits per heavy atom. The Morgan fingerprint density at radius 1 is 1.04 bits per heavy atom. The van der Waals surface area contributed by atoms with Crippen LogP contribution in [0.2, 0.25) is 0 Å². The van der Waals surface area contributed by atoms with Crippen LogP contribution in [0.3, 0.4) is 0 Å². The molecule has 0 aliphatic carbocycles. The molecule has 0 aliphatic heterocycles. The zero-order valence-electron chi connectivity index (χ0n) is 12.6. The Labute approximate surface area is 142 Å². The quantitative estimate of drug-likeness (QED) is 0.575. The zero-order chi connectivity index (χ0) is 18.6. The molecule has 8 nitrogen and oxygen atoms in total. The summed E-state index contributed by atoms with van der Waals surface area (Å²) >= 11 is 0. The number of carbonyl (C=O) groups is 2. The molecule has 0 atom stereocenters. The first-order valence-corrected chi connectivity index (χ1v) is 8.27. The average Bonchev–Trinajstić information content (AvgIpc) is 2.52. The smallest absolute Gasteiger partial charge is 0.339 e. The predicted octanol–water partition coefficient (Wildman–Crippen LogP) is 1.99. The van der Waals surface area contributed by atoms with Gasteiger partial charge in [-0.1, -0.05) is 12.1 Å². The number of benzene rings is 2. The molecule has 0 saturated carbocycles. The fraction of sp³-hybridized carbons (Fsp3) is 0. The third kappa shape index (κ3) is 4.58. The first-order valence-electron chi connectivity index (χ1n) is 6.79. The molecule has 0 radical (unpaired) electrons. The molecular formula is C16H13NO7S. The fourth-order valence-electron chi connectivity index (χ4n) is 1.94. The molecule has 4 N–H and O–H groups in total. The maximum Gasteiger partial charge on any atom is 0.339 e. The zero-order valence-corrected chi connectivity index (χ0v) is 13.4. The van der Waals surface area contributed by atoms with Crippen molar-refractivity contribution < 1.29 is 33.3 Å². The molecule has 2 aromatic rings. The number of hydrogen-bond donors (Lipinski definition) is 4. The highest BCUT2D eigenvalue weighted by atomic mass is 32.2. The van der Waals surface area contributed by atoms with Crippen molar-refractivity contribution in [3.05, 3.63) is 59.7 Å². The Morgan fingerprint density at radius 3 is 2.40 bits per heavy atom. The summed E-state index contributed by atoms with van der Waals surface area (Å²) in [5.74, 6) is -3.15. The molecule has 25 heavy (non-hydrogen) atoms. The number of anilines is 1. The minimum Gasteiger partial charge on any atom is -0.507 e. The topological polar surface area (TPSA) is 141 Å². The van der Waals surface area contributed by atoms with Gasteiger partial charge in [-0.2, -0.15) is 0 Å². The van der Waals surface area contributed by atoms with Crippen LogP contribution in [0.4, 0.5) is 5.69 Å². The van der Waals surface area contributed by atoms with Crippen molar-refractivity contribution >= 4 is 33.7 Å². The van der Waals surface area contributed by atoms with E-state index in [4.69, 9.17) is 10.2 Å². The van der Waals surface area contributed by atoms with Crippen molar-refractivity contribution in [1.82, 2.24) is 0 Å². The summed E-state index contributed by atoms with van der Waals surface area (Å²) in [6, 6.07) is 8.86. The van der Waals surface area contributed by atoms with Crippen molar-refractivity contribution in [3.63, 3.8) is 0 Å². The van der Waals surface area contributed by atoms with E-state index in [0.717, 1.165) is 24.3 Å². The van der Waals surface area contributed by atoms with Gasteiger partial charge in [0.25, 0.3) is 10.0 Å². The van der Waals surface area contributed by atoms with E-state index in [2.05, 4.69) is 4.72 Å². The Bertz CT molecular complexity index is 964. The molecule has 2 rings (SSSR count). The number of rotatable bonds is 6. The molecule has 0 amide bonds. The number of aromatic hydroxyl groups is 1. The Kier molecular flexibility index (Phi) is 5.08. The van der Waals surface area contributed by atoms with Gasteiger partial charge < -0.3 is 15.3 Å². The van der Waals surface area contributed by atoms with Crippen LogP contribution >= 0.6 is 0 Å². The third-order valence-electron chi connectivity index (χ3n) is 3.07. The predicted molar refractivity (Wildman–Crippen MR) is 89.0 cm³/mol. The van der Waals surface area contributed by atoms with Crippen LogP contribution < -0.4 is 4.72 Å². The van der Waals surface area contributed by atoms with Crippen molar-refractivity contribution in [3.8, 4) is 5.75 Å². The second-order valence-electron chi connectivity index (χ2n) is 4.89. The molecule has 2 aromatic carbocycles. The molecule has 0 aromatic heterocycles. The van der Waals surface area contributed by atoms with Gasteiger partial charge in [0.05, 0.1) is 4.90 Å². The van der Waals surface area contributed by atoms with Gasteiger partial charge in [0.1, 0.15) is 11.3 Å². The molecular weight excluding hydrogens is 350 g/mol. The van der Waals surface area contributed by atoms with Crippen LogP contribution in [0.15, 0.2) is 53.4 Å². The highest BCUT2D eigenvalue weighted by molar-refractivity contribution is 7.92. The molecule has 0 fully saturated rings. The fourth-order valence-corrected chi connectivity index (χ4v) is 3.02. The summed E-state index contributed by atoms with van der Waals surface area (Å²) in [5.41, 5.74) is 0.0815. The molecule has 0 spiro atoms. The molecule has 9 heteroatoms. The van der Waals surface area contributed by atoms with Crippen LogP contribution in [-0.2, 0) is 14.8 Å². The minimum atomic E-state index is -4.10. The summed E-state index contributed by atoms with van der Waals surface area (Å²) < 4.78 is 27.0. The Hall–Kier alpha value is -3.33. The summed E-state index contributed by atoms with van der Waals surface area (Å²) in [4.78, 5) is 21.2. The van der Waals surface area contributed by atoms with Crippen LogP contribution in [0.5, 0.6) is 5.75 Å². The summed E-state index contributed by atoms with van der Waals surface area (Å²) in [7, 11) is -4.10. The monoisotopic (exact) mass is 363 g/mol. The second kappa shape index (κ2) is 7.05. The largest absolute Gasteiger partial charge is 0.507 e. The van der Waals surface area contributed by atoms with E-state index in [1.165, 1.54) is 24.3 Å². The van der Waals surface area contributed by atoms with Gasteiger partial charge in [-0.15, -0.1) is 0 Å². The molecule has 0 unspecified atom stereocenters. The highest BCUT2D eigenvalue weighted by Crippen LogP contribution is 2.23. The number of aromatic carboxylic acids is 1. The Balaban J connectivity index is 2.33. The minimum absolute atomic E-state index is 0.164. The van der Waals surface area contributed by atoms with Crippen LogP contribution in [0, 0.1) is 0 Å². The highest BCUT2D eigenvalue weighted by Gasteiger charge is 2.19. The maximum atomic E-state index is 12.4. The lowest BCUT2D eigenvalue weighted by molar-refractivity contribution is -0.131. The first kappa shape index (κ1) is 18.0. The van der Waals surface area contributed by atoms with E-state index in [0.29, 0.717) is 5.56 Å². The van der Waals surface area contributed by atoms with E-state index in [1.807, 2.05) is 0 Å². The van der Waals surface area contributed by atoms with Gasteiger partial charge in [0.15, 0.2) is 0 Å². The van der Waals surface area contributed by atoms with Gasteiger partial charge in [0, 0.05) is 11.8 Å². The van der Waals surface area contributed by atoms with Gasteiger partial charge in [-0.3, -0.25) is 4.72 Å². The number of nitrogens with one attached hydrogen (secondary N) is 1. The molecule has 0 heterocycles. The number of carboxylic acid groups (broad SMARTS) is 2. The van der Waals surface area contributed by atoms with Gasteiger partial charge in [-0.05, 0) is 42.0 Å². The maximum absolute atomic E-state index is 12.4. The molecule has 130 valence electrons. The summed E-state index contributed by atoms with van der Waals surface area (Å²) in [5, 5.41) is 27.0. The normalized spacial score (nSPS) is 11.4. The van der Waals surface area contributed by atoms with Crippen LogP contribution in [0.1, 0.15) is 15.9 Å². The number of carboxylic acids is 2. The van der Waals surface area contributed by atoms with E-state index < -0.39 is 33.3 Å². The lowest BCUT2D eigenvalue weighted by Crippen LogP contribution is -2.14. The van der Waals surface area contributed by atoms with E-state index in [9.17, 15) is 23.1 Å². The lowest BCUT2D eigenvalue weighted by atomic mass is 10.2. The summed E-state index contributed by atoms with van der Waals surface area (Å²) in [6.07, 6.45) is 2.20.